The Morgan fingerprint density at radius 2 is 1.53 bits per heavy atom. The highest BCUT2D eigenvalue weighted by molar-refractivity contribution is 6.31. The van der Waals surface area contributed by atoms with E-state index in [1.54, 1.807) is 0 Å². The third-order valence-electron chi connectivity index (χ3n) is 5.12. The number of benzene rings is 2. The SMILES string of the molecule is Cl.NC(CO)(CO)CCc1ccc(OCCCc2ccc(C(F)(F)F)cc2Cl)c(C(F)(F)F)c1. The molecule has 34 heavy (non-hydrogen) atoms. The minimum absolute atomic E-state index is 0. The van der Waals surface area contributed by atoms with Crippen LogP contribution < -0.4 is 10.5 Å². The van der Waals surface area contributed by atoms with Gasteiger partial charge in [0.05, 0.1) is 36.5 Å². The number of aliphatic hydroxyl groups is 2. The van der Waals surface area contributed by atoms with Crippen molar-refractivity contribution in [3.05, 3.63) is 63.7 Å². The van der Waals surface area contributed by atoms with E-state index in [4.69, 9.17) is 22.1 Å². The zero-order valence-electron chi connectivity index (χ0n) is 17.8. The van der Waals surface area contributed by atoms with E-state index < -0.39 is 42.2 Å². The highest BCUT2D eigenvalue weighted by atomic mass is 35.5. The third-order valence-corrected chi connectivity index (χ3v) is 5.47. The Bertz CT molecular complexity index is 934. The number of aliphatic hydroxyl groups excluding tert-OH is 2. The molecule has 0 saturated carbocycles. The number of nitrogens with two attached hydrogens (primary N) is 1. The summed E-state index contributed by atoms with van der Waals surface area (Å²) in [5.41, 5.74) is 3.33. The summed E-state index contributed by atoms with van der Waals surface area (Å²) < 4.78 is 83.9. The quantitative estimate of drug-likeness (QED) is 0.280. The van der Waals surface area contributed by atoms with Gasteiger partial charge in [0.15, 0.2) is 0 Å². The second-order valence-corrected chi connectivity index (χ2v) is 8.17. The van der Waals surface area contributed by atoms with E-state index in [-0.39, 0.29) is 55.5 Å². The standard InChI is InChI=1S/C22H24ClF6NO3.ClH/c23-18-11-16(21(24,25)26)5-4-15(18)2-1-9-33-19-6-3-14(10-17(19)22(27,28)29)7-8-20(30,12-31)13-32;/h3-6,10-11,31-32H,1-2,7-9,12-13,30H2;1H. The summed E-state index contributed by atoms with van der Waals surface area (Å²) in [6, 6.07) is 6.48. The molecule has 0 aliphatic heterocycles. The highest BCUT2D eigenvalue weighted by Crippen LogP contribution is 2.37. The number of hydrogen-bond acceptors (Lipinski definition) is 4. The van der Waals surface area contributed by atoms with Crippen molar-refractivity contribution in [2.24, 2.45) is 5.73 Å². The molecule has 0 aliphatic rings. The molecule has 0 aliphatic carbocycles. The lowest BCUT2D eigenvalue weighted by molar-refractivity contribution is -0.139. The summed E-state index contributed by atoms with van der Waals surface area (Å²) in [5.74, 6) is -0.381. The molecule has 0 unspecified atom stereocenters. The number of ether oxygens (including phenoxy) is 1. The van der Waals surface area contributed by atoms with Gasteiger partial charge in [-0.25, -0.2) is 0 Å². The Labute approximate surface area is 204 Å². The first-order valence-electron chi connectivity index (χ1n) is 9.98. The molecule has 0 bridgehead atoms. The molecule has 2 rings (SSSR count). The first-order chi connectivity index (χ1) is 15.3. The van der Waals surface area contributed by atoms with E-state index in [2.05, 4.69) is 0 Å². The average Bonchev–Trinajstić information content (AvgIpc) is 2.75. The molecule has 0 aromatic heterocycles. The zero-order chi connectivity index (χ0) is 24.9. The van der Waals surface area contributed by atoms with Crippen LogP contribution in [0.15, 0.2) is 36.4 Å². The highest BCUT2D eigenvalue weighted by Gasteiger charge is 2.35. The summed E-state index contributed by atoms with van der Waals surface area (Å²) in [7, 11) is 0. The van der Waals surface area contributed by atoms with Crippen LogP contribution in [0.3, 0.4) is 0 Å². The van der Waals surface area contributed by atoms with Gasteiger partial charge in [-0.2, -0.15) is 26.3 Å². The van der Waals surface area contributed by atoms with Crippen LogP contribution in [0.4, 0.5) is 26.3 Å². The zero-order valence-corrected chi connectivity index (χ0v) is 19.4. The van der Waals surface area contributed by atoms with Crippen molar-refractivity contribution >= 4 is 24.0 Å². The molecule has 0 atom stereocenters. The molecular formula is C22H25Cl2F6NO3. The number of aryl methyl sites for hydroxylation is 2. The number of rotatable bonds is 10. The van der Waals surface area contributed by atoms with E-state index in [9.17, 15) is 36.6 Å². The molecule has 0 radical (unpaired) electrons. The maximum absolute atomic E-state index is 13.5. The van der Waals surface area contributed by atoms with Crippen LogP contribution in [-0.4, -0.2) is 35.6 Å². The molecule has 0 saturated heterocycles. The van der Waals surface area contributed by atoms with Gasteiger partial charge in [-0.3, -0.25) is 0 Å². The molecule has 2 aromatic carbocycles. The van der Waals surface area contributed by atoms with Crippen LogP contribution in [0, 0.1) is 0 Å². The van der Waals surface area contributed by atoms with Crippen molar-refractivity contribution in [3.8, 4) is 5.75 Å². The predicted octanol–water partition coefficient (Wildman–Crippen LogP) is 5.43. The van der Waals surface area contributed by atoms with Gasteiger partial charge in [-0.15, -0.1) is 12.4 Å². The summed E-state index contributed by atoms with van der Waals surface area (Å²) in [6.07, 6.45) is -8.58. The van der Waals surface area contributed by atoms with E-state index in [0.29, 0.717) is 11.1 Å². The molecule has 4 N–H and O–H groups in total. The van der Waals surface area contributed by atoms with Gasteiger partial charge in [0, 0.05) is 5.02 Å². The molecule has 4 nitrogen and oxygen atoms in total. The van der Waals surface area contributed by atoms with Gasteiger partial charge >= 0.3 is 12.4 Å². The minimum Gasteiger partial charge on any atom is -0.493 e. The van der Waals surface area contributed by atoms with Crippen molar-refractivity contribution in [1.29, 1.82) is 0 Å². The Balaban J connectivity index is 0.00000578. The smallest absolute Gasteiger partial charge is 0.419 e. The van der Waals surface area contributed by atoms with Crippen molar-refractivity contribution in [2.45, 2.75) is 43.6 Å². The first kappa shape index (κ1) is 30.3. The normalized spacial score (nSPS) is 12.4. The largest absolute Gasteiger partial charge is 0.493 e. The van der Waals surface area contributed by atoms with Crippen LogP contribution in [0.25, 0.3) is 0 Å². The van der Waals surface area contributed by atoms with Crippen LogP contribution in [-0.2, 0) is 25.2 Å². The molecular weight excluding hydrogens is 511 g/mol. The fourth-order valence-electron chi connectivity index (χ4n) is 3.05. The van der Waals surface area contributed by atoms with Crippen LogP contribution in [0.1, 0.15) is 35.1 Å². The van der Waals surface area contributed by atoms with Crippen LogP contribution in [0.5, 0.6) is 5.75 Å². The topological polar surface area (TPSA) is 75.7 Å². The Kier molecular flexibility index (Phi) is 11.0. The van der Waals surface area contributed by atoms with Gasteiger partial charge in [0.25, 0.3) is 0 Å². The lowest BCUT2D eigenvalue weighted by atomic mass is 9.93. The molecule has 0 fully saturated rings. The summed E-state index contributed by atoms with van der Waals surface area (Å²) >= 11 is 5.89. The van der Waals surface area contributed by atoms with E-state index in [0.717, 1.165) is 18.2 Å². The Morgan fingerprint density at radius 3 is 2.06 bits per heavy atom. The van der Waals surface area contributed by atoms with Crippen molar-refractivity contribution in [3.63, 3.8) is 0 Å². The minimum atomic E-state index is -4.68. The number of alkyl halides is 6. The summed E-state index contributed by atoms with van der Waals surface area (Å²) in [5, 5.41) is 18.4. The molecule has 0 heterocycles. The molecule has 0 spiro atoms. The Morgan fingerprint density at radius 1 is 0.882 bits per heavy atom. The second kappa shape index (κ2) is 12.3. The fraction of sp³-hybridized carbons (Fsp3) is 0.455. The molecule has 0 amide bonds. The van der Waals surface area contributed by atoms with E-state index >= 15 is 0 Å². The van der Waals surface area contributed by atoms with Crippen molar-refractivity contribution < 1.29 is 41.3 Å². The van der Waals surface area contributed by atoms with Crippen molar-refractivity contribution in [1.82, 2.24) is 0 Å². The lowest BCUT2D eigenvalue weighted by Gasteiger charge is -2.24. The van der Waals surface area contributed by atoms with Crippen molar-refractivity contribution in [2.75, 3.05) is 19.8 Å². The summed E-state index contributed by atoms with van der Waals surface area (Å²) in [4.78, 5) is 0. The van der Waals surface area contributed by atoms with Gasteiger partial charge in [-0.05, 0) is 61.1 Å². The van der Waals surface area contributed by atoms with E-state index in [1.165, 1.54) is 18.2 Å². The maximum Gasteiger partial charge on any atom is 0.419 e. The lowest BCUT2D eigenvalue weighted by Crippen LogP contribution is -2.47. The van der Waals surface area contributed by atoms with Crippen LogP contribution >= 0.6 is 24.0 Å². The number of halogens is 8. The summed E-state index contributed by atoms with van der Waals surface area (Å²) in [6.45, 7) is -1.14. The molecule has 12 heteroatoms. The first-order valence-corrected chi connectivity index (χ1v) is 10.4. The molecule has 192 valence electrons. The van der Waals surface area contributed by atoms with Gasteiger partial charge in [-0.1, -0.05) is 23.7 Å². The molecule has 2 aromatic rings. The van der Waals surface area contributed by atoms with Crippen LogP contribution in [0.2, 0.25) is 5.02 Å². The monoisotopic (exact) mass is 535 g/mol. The van der Waals surface area contributed by atoms with E-state index in [1.807, 2.05) is 0 Å². The second-order valence-electron chi connectivity index (χ2n) is 7.76. The third kappa shape index (κ3) is 8.49. The maximum atomic E-state index is 13.5. The van der Waals surface area contributed by atoms with Gasteiger partial charge in [0.1, 0.15) is 5.75 Å². The van der Waals surface area contributed by atoms with Gasteiger partial charge < -0.3 is 20.7 Å². The average molecular weight is 536 g/mol. The van der Waals surface area contributed by atoms with Gasteiger partial charge in [0.2, 0.25) is 0 Å². The fourth-order valence-corrected chi connectivity index (χ4v) is 3.33. The predicted molar refractivity (Wildman–Crippen MR) is 118 cm³/mol. The number of hydrogen-bond donors (Lipinski definition) is 3. The Hall–Kier alpha value is -1.72.